The summed E-state index contributed by atoms with van der Waals surface area (Å²) in [4.78, 5) is 16.3. The number of aromatic nitrogens is 2. The van der Waals surface area contributed by atoms with E-state index >= 15 is 0 Å². The summed E-state index contributed by atoms with van der Waals surface area (Å²) in [6.07, 6.45) is 1.44. The van der Waals surface area contributed by atoms with Crippen LogP contribution in [0.25, 0.3) is 0 Å². The Labute approximate surface area is 98.9 Å². The van der Waals surface area contributed by atoms with Gasteiger partial charge in [-0.1, -0.05) is 0 Å². The average molecular weight is 240 g/mol. The minimum atomic E-state index is -0.474. The number of hydrogen-bond acceptors (Lipinski definition) is 6. The number of nitrogens with one attached hydrogen (secondary N) is 1. The molecule has 2 heterocycles. The Hall–Kier alpha value is -1.67. The highest BCUT2D eigenvalue weighted by Crippen LogP contribution is 2.21. The first-order valence-corrected chi connectivity index (χ1v) is 5.44. The van der Waals surface area contributed by atoms with Gasteiger partial charge in [0.15, 0.2) is 0 Å². The summed E-state index contributed by atoms with van der Waals surface area (Å²) in [5.41, 5.74) is 3.07. The Morgan fingerprint density at radius 3 is 2.59 bits per heavy atom. The first-order valence-electron chi connectivity index (χ1n) is 5.44. The molecule has 0 saturated carbocycles. The molecule has 0 unspecified atom stereocenters. The Morgan fingerprint density at radius 1 is 1.35 bits per heavy atom. The molecular weight excluding hydrogens is 224 g/mol. The monoisotopic (exact) mass is 240 g/mol. The van der Waals surface area contributed by atoms with Gasteiger partial charge in [-0.05, 0) is 17.0 Å². The maximum absolute atomic E-state index is 10.8. The maximum Gasteiger partial charge on any atom is 0.407 e. The van der Waals surface area contributed by atoms with Gasteiger partial charge >= 0.3 is 5.82 Å². The maximum atomic E-state index is 10.8. The molecule has 2 rings (SSSR count). The van der Waals surface area contributed by atoms with Crippen molar-refractivity contribution >= 4 is 11.6 Å². The highest BCUT2D eigenvalue weighted by molar-refractivity contribution is 5.51. The summed E-state index contributed by atoms with van der Waals surface area (Å²) in [6, 6.07) is 0. The summed E-state index contributed by atoms with van der Waals surface area (Å²) in [6.45, 7) is 3.55. The Kier molecular flexibility index (Phi) is 3.25. The zero-order valence-electron chi connectivity index (χ0n) is 9.96. The molecule has 0 spiro atoms. The van der Waals surface area contributed by atoms with Crippen LogP contribution in [-0.2, 0) is 7.05 Å². The van der Waals surface area contributed by atoms with Gasteiger partial charge in [0.2, 0.25) is 12.1 Å². The van der Waals surface area contributed by atoms with Crippen molar-refractivity contribution in [3.8, 4) is 0 Å². The van der Waals surface area contributed by atoms with E-state index in [-0.39, 0.29) is 5.82 Å². The molecule has 8 heteroatoms. The summed E-state index contributed by atoms with van der Waals surface area (Å²) >= 11 is 0. The standard InChI is InChI=1S/C9H16N6O2/c1-12-3-5-14(6-4-12)11-9-8(15(16)17)10-7-13(9)2/h7,11H,3-6H2,1-2H3. The normalized spacial score (nSPS) is 18.2. The van der Waals surface area contributed by atoms with Gasteiger partial charge in [0.05, 0.1) is 0 Å². The van der Waals surface area contributed by atoms with Crippen molar-refractivity contribution in [2.45, 2.75) is 0 Å². The fourth-order valence-corrected chi connectivity index (χ4v) is 1.75. The van der Waals surface area contributed by atoms with E-state index in [2.05, 4.69) is 22.4 Å². The predicted molar refractivity (Wildman–Crippen MR) is 62.6 cm³/mol. The Morgan fingerprint density at radius 2 is 2.00 bits per heavy atom. The largest absolute Gasteiger partial charge is 0.407 e. The van der Waals surface area contributed by atoms with Crippen LogP contribution in [0.1, 0.15) is 0 Å². The quantitative estimate of drug-likeness (QED) is 0.587. The Bertz CT molecular complexity index is 410. The second-order valence-electron chi connectivity index (χ2n) is 4.19. The molecule has 0 atom stereocenters. The molecule has 1 N–H and O–H groups in total. The predicted octanol–water partition coefficient (Wildman–Crippen LogP) is -0.0974. The molecule has 17 heavy (non-hydrogen) atoms. The highest BCUT2D eigenvalue weighted by Gasteiger charge is 2.23. The van der Waals surface area contributed by atoms with Crippen molar-refractivity contribution in [2.75, 3.05) is 38.7 Å². The van der Waals surface area contributed by atoms with Crippen LogP contribution in [0.2, 0.25) is 0 Å². The van der Waals surface area contributed by atoms with E-state index in [1.165, 1.54) is 6.33 Å². The van der Waals surface area contributed by atoms with Crippen molar-refractivity contribution < 1.29 is 4.92 Å². The molecule has 0 aliphatic carbocycles. The van der Waals surface area contributed by atoms with Crippen molar-refractivity contribution in [3.05, 3.63) is 16.4 Å². The van der Waals surface area contributed by atoms with Crippen molar-refractivity contribution in [3.63, 3.8) is 0 Å². The number of hydrogen-bond donors (Lipinski definition) is 1. The van der Waals surface area contributed by atoms with E-state index in [1.807, 2.05) is 5.01 Å². The number of aryl methyl sites for hydroxylation is 1. The van der Waals surface area contributed by atoms with Gasteiger partial charge in [0.1, 0.15) is 0 Å². The third kappa shape index (κ3) is 2.53. The van der Waals surface area contributed by atoms with Crippen LogP contribution in [0.3, 0.4) is 0 Å². The summed E-state index contributed by atoms with van der Waals surface area (Å²) in [7, 11) is 3.79. The molecule has 8 nitrogen and oxygen atoms in total. The van der Waals surface area contributed by atoms with Crippen LogP contribution in [0.15, 0.2) is 6.33 Å². The summed E-state index contributed by atoms with van der Waals surface area (Å²) < 4.78 is 1.62. The smallest absolute Gasteiger partial charge is 0.358 e. The molecule has 1 aliphatic rings. The molecule has 94 valence electrons. The van der Waals surface area contributed by atoms with Gasteiger partial charge in [0, 0.05) is 33.2 Å². The minimum absolute atomic E-state index is 0.133. The van der Waals surface area contributed by atoms with Gasteiger partial charge in [-0.25, -0.2) is 5.01 Å². The fraction of sp³-hybridized carbons (Fsp3) is 0.667. The minimum Gasteiger partial charge on any atom is -0.358 e. The van der Waals surface area contributed by atoms with E-state index in [4.69, 9.17) is 0 Å². The lowest BCUT2D eigenvalue weighted by molar-refractivity contribution is -0.388. The molecule has 1 fully saturated rings. The van der Waals surface area contributed by atoms with Gasteiger partial charge in [-0.3, -0.25) is 9.99 Å². The number of hydrazine groups is 1. The number of anilines is 1. The lowest BCUT2D eigenvalue weighted by Gasteiger charge is -2.32. The highest BCUT2D eigenvalue weighted by atomic mass is 16.6. The first-order chi connectivity index (χ1) is 8.08. The van der Waals surface area contributed by atoms with Crippen LogP contribution < -0.4 is 5.43 Å². The second-order valence-corrected chi connectivity index (χ2v) is 4.19. The zero-order valence-corrected chi connectivity index (χ0v) is 9.96. The van der Waals surface area contributed by atoms with Crippen molar-refractivity contribution in [2.24, 2.45) is 7.05 Å². The van der Waals surface area contributed by atoms with Crippen LogP contribution in [0.4, 0.5) is 11.6 Å². The first kappa shape index (κ1) is 11.8. The second kappa shape index (κ2) is 4.68. The lowest BCUT2D eigenvalue weighted by Crippen LogP contribution is -2.47. The molecular formula is C9H16N6O2. The summed E-state index contributed by atoms with van der Waals surface area (Å²) in [5, 5.41) is 12.8. The molecule has 1 aliphatic heterocycles. The van der Waals surface area contributed by atoms with Gasteiger partial charge in [-0.15, -0.1) is 0 Å². The molecule has 1 saturated heterocycles. The van der Waals surface area contributed by atoms with E-state index in [1.54, 1.807) is 11.6 Å². The van der Waals surface area contributed by atoms with E-state index in [0.29, 0.717) is 5.82 Å². The van der Waals surface area contributed by atoms with Crippen molar-refractivity contribution in [1.29, 1.82) is 0 Å². The molecule has 0 aromatic carbocycles. The topological polar surface area (TPSA) is 79.5 Å². The number of imidazole rings is 1. The number of rotatable bonds is 3. The summed E-state index contributed by atoms with van der Waals surface area (Å²) in [5.74, 6) is 0.297. The SMILES string of the molecule is CN1CCN(Nc2c([N+](=O)[O-])ncn2C)CC1. The molecule has 1 aromatic heterocycles. The van der Waals surface area contributed by atoms with Crippen molar-refractivity contribution in [1.82, 2.24) is 19.5 Å². The molecule has 0 radical (unpaired) electrons. The van der Waals surface area contributed by atoms with Gasteiger partial charge < -0.3 is 15.0 Å². The molecule has 0 amide bonds. The number of nitro groups is 1. The van der Waals surface area contributed by atoms with E-state index < -0.39 is 4.92 Å². The van der Waals surface area contributed by atoms with Gasteiger partial charge in [0.25, 0.3) is 0 Å². The number of nitrogens with zero attached hydrogens (tertiary/aromatic N) is 5. The zero-order chi connectivity index (χ0) is 12.4. The lowest BCUT2D eigenvalue weighted by atomic mass is 10.4. The Balaban J connectivity index is 2.08. The van der Waals surface area contributed by atoms with E-state index in [9.17, 15) is 10.1 Å². The molecule has 1 aromatic rings. The molecule has 0 bridgehead atoms. The van der Waals surface area contributed by atoms with Crippen LogP contribution in [0, 0.1) is 10.1 Å². The number of piperazine rings is 1. The van der Waals surface area contributed by atoms with Gasteiger partial charge in [-0.2, -0.15) is 0 Å². The van der Waals surface area contributed by atoms with Crippen LogP contribution in [-0.4, -0.2) is 57.6 Å². The average Bonchev–Trinajstić information content (AvgIpc) is 2.64. The number of likely N-dealkylation sites (N-methyl/N-ethyl adjacent to an activating group) is 1. The van der Waals surface area contributed by atoms with Crippen LogP contribution >= 0.6 is 0 Å². The van der Waals surface area contributed by atoms with E-state index in [0.717, 1.165) is 26.2 Å². The fourth-order valence-electron chi connectivity index (χ4n) is 1.75. The van der Waals surface area contributed by atoms with Crippen LogP contribution in [0.5, 0.6) is 0 Å². The third-order valence-corrected chi connectivity index (χ3v) is 2.86. The third-order valence-electron chi connectivity index (χ3n) is 2.86.